The van der Waals surface area contributed by atoms with Crippen LogP contribution in [0, 0.1) is 11.2 Å². The number of nitrogens with one attached hydrogen (secondary N) is 1. The molecular formula is C12H15BrClFN2O. The molecule has 0 spiro atoms. The maximum atomic E-state index is 13.0. The lowest BCUT2D eigenvalue weighted by molar-refractivity contribution is -0.119. The first-order valence-corrected chi connectivity index (χ1v) is 6.51. The zero-order valence-corrected chi connectivity index (χ0v) is 12.7. The second-order valence-electron chi connectivity index (χ2n) is 5.08. The first-order chi connectivity index (χ1) is 8.12. The van der Waals surface area contributed by atoms with E-state index >= 15 is 0 Å². The molecule has 0 unspecified atom stereocenters. The van der Waals surface area contributed by atoms with Gasteiger partial charge in [-0.2, -0.15) is 0 Å². The monoisotopic (exact) mass is 336 g/mol. The molecule has 3 N–H and O–H groups in total. The zero-order chi connectivity index (χ0) is 14.1. The van der Waals surface area contributed by atoms with Gasteiger partial charge in [-0.05, 0) is 33.5 Å². The summed E-state index contributed by atoms with van der Waals surface area (Å²) < 4.78 is 13.4. The van der Waals surface area contributed by atoms with Crippen molar-refractivity contribution in [3.05, 3.63) is 27.4 Å². The highest BCUT2D eigenvalue weighted by molar-refractivity contribution is 9.10. The number of benzene rings is 1. The molecule has 100 valence electrons. The summed E-state index contributed by atoms with van der Waals surface area (Å²) in [6.45, 7) is 5.58. The Balaban J connectivity index is 2.96. The summed E-state index contributed by atoms with van der Waals surface area (Å²) in [6, 6.07) is 1.67. The molecule has 0 aliphatic heterocycles. The fraction of sp³-hybridized carbons (Fsp3) is 0.417. The standard InChI is InChI=1S/C12H15BrClFN2O/c1-12(2,3)10(16)11(18)17-9-7(13)4-6(15)5-8(9)14/h4-5,10H,16H2,1-3H3,(H,17,18)/t10-/m1/s1. The van der Waals surface area contributed by atoms with Crippen LogP contribution in [0.1, 0.15) is 20.8 Å². The van der Waals surface area contributed by atoms with E-state index in [9.17, 15) is 9.18 Å². The van der Waals surface area contributed by atoms with Crippen LogP contribution in [0.5, 0.6) is 0 Å². The summed E-state index contributed by atoms with van der Waals surface area (Å²) in [4.78, 5) is 11.9. The fourth-order valence-corrected chi connectivity index (χ4v) is 2.15. The number of amides is 1. The Bertz CT molecular complexity index is 451. The largest absolute Gasteiger partial charge is 0.322 e. The molecule has 6 heteroatoms. The van der Waals surface area contributed by atoms with Crippen molar-refractivity contribution >= 4 is 39.1 Å². The second kappa shape index (κ2) is 5.55. The maximum Gasteiger partial charge on any atom is 0.241 e. The van der Waals surface area contributed by atoms with E-state index in [4.69, 9.17) is 17.3 Å². The van der Waals surface area contributed by atoms with Crippen molar-refractivity contribution in [3.63, 3.8) is 0 Å². The first-order valence-electron chi connectivity index (χ1n) is 5.34. The molecule has 0 aromatic heterocycles. The van der Waals surface area contributed by atoms with Gasteiger partial charge >= 0.3 is 0 Å². The number of anilines is 1. The van der Waals surface area contributed by atoms with Crippen molar-refractivity contribution in [2.75, 3.05) is 5.32 Å². The van der Waals surface area contributed by atoms with E-state index in [0.717, 1.165) is 6.07 Å². The molecule has 1 atom stereocenters. The Labute approximate surface area is 119 Å². The zero-order valence-electron chi connectivity index (χ0n) is 10.4. The Morgan fingerprint density at radius 2 is 2.06 bits per heavy atom. The molecule has 0 bridgehead atoms. The summed E-state index contributed by atoms with van der Waals surface area (Å²) in [5, 5.41) is 2.72. The molecule has 1 aromatic rings. The normalized spacial score (nSPS) is 13.3. The molecule has 0 heterocycles. The SMILES string of the molecule is CC(C)(C)[C@H](N)C(=O)Nc1c(Cl)cc(F)cc1Br. The summed E-state index contributed by atoms with van der Waals surface area (Å²) in [5.41, 5.74) is 5.78. The van der Waals surface area contributed by atoms with Crippen LogP contribution in [0.15, 0.2) is 16.6 Å². The Hall–Kier alpha value is -0.650. The molecule has 0 saturated heterocycles. The number of hydrogen-bond donors (Lipinski definition) is 2. The molecule has 1 aromatic carbocycles. The molecule has 0 aliphatic rings. The lowest BCUT2D eigenvalue weighted by Crippen LogP contribution is -2.45. The van der Waals surface area contributed by atoms with Gasteiger partial charge in [-0.1, -0.05) is 32.4 Å². The van der Waals surface area contributed by atoms with Crippen LogP contribution >= 0.6 is 27.5 Å². The van der Waals surface area contributed by atoms with E-state index in [1.807, 2.05) is 20.8 Å². The summed E-state index contributed by atoms with van der Waals surface area (Å²) in [5.74, 6) is -0.846. The number of nitrogens with two attached hydrogens (primary N) is 1. The van der Waals surface area contributed by atoms with Crippen LogP contribution in [0.2, 0.25) is 5.02 Å². The predicted molar refractivity (Wildman–Crippen MR) is 75.2 cm³/mol. The minimum Gasteiger partial charge on any atom is -0.322 e. The Morgan fingerprint density at radius 3 is 2.50 bits per heavy atom. The lowest BCUT2D eigenvalue weighted by Gasteiger charge is -2.26. The van der Waals surface area contributed by atoms with Gasteiger partial charge in [-0.3, -0.25) is 4.79 Å². The quantitative estimate of drug-likeness (QED) is 0.867. The number of carbonyl (C=O) groups is 1. The number of rotatable bonds is 2. The van der Waals surface area contributed by atoms with Gasteiger partial charge in [-0.25, -0.2) is 4.39 Å². The van der Waals surface area contributed by atoms with Crippen molar-refractivity contribution in [1.82, 2.24) is 0 Å². The molecule has 0 saturated carbocycles. The van der Waals surface area contributed by atoms with Crippen LogP contribution in [0.4, 0.5) is 10.1 Å². The van der Waals surface area contributed by atoms with Crippen molar-refractivity contribution < 1.29 is 9.18 Å². The van der Waals surface area contributed by atoms with Crippen molar-refractivity contribution in [3.8, 4) is 0 Å². The summed E-state index contributed by atoms with van der Waals surface area (Å²) in [6.07, 6.45) is 0. The first kappa shape index (κ1) is 15.4. The van der Waals surface area contributed by atoms with Crippen LogP contribution in [-0.2, 0) is 4.79 Å². The van der Waals surface area contributed by atoms with Crippen molar-refractivity contribution in [1.29, 1.82) is 0 Å². The third-order valence-corrected chi connectivity index (χ3v) is 3.39. The van der Waals surface area contributed by atoms with E-state index in [1.165, 1.54) is 6.07 Å². The molecule has 1 rings (SSSR count). The van der Waals surface area contributed by atoms with Crippen LogP contribution < -0.4 is 11.1 Å². The Kier molecular flexibility index (Phi) is 4.75. The van der Waals surface area contributed by atoms with Gasteiger partial charge < -0.3 is 11.1 Å². The van der Waals surface area contributed by atoms with Gasteiger partial charge in [0.25, 0.3) is 0 Å². The number of halogens is 3. The topological polar surface area (TPSA) is 55.1 Å². The molecular weight excluding hydrogens is 322 g/mol. The Morgan fingerprint density at radius 1 is 1.50 bits per heavy atom. The highest BCUT2D eigenvalue weighted by Crippen LogP contribution is 2.32. The van der Waals surface area contributed by atoms with Crippen LogP contribution in [0.3, 0.4) is 0 Å². The average molecular weight is 338 g/mol. The highest BCUT2D eigenvalue weighted by Gasteiger charge is 2.28. The molecule has 18 heavy (non-hydrogen) atoms. The minimum atomic E-state index is -0.689. The molecule has 0 fully saturated rings. The van der Waals surface area contributed by atoms with Gasteiger partial charge in [0.15, 0.2) is 0 Å². The number of hydrogen-bond acceptors (Lipinski definition) is 2. The summed E-state index contributed by atoms with van der Waals surface area (Å²) in [7, 11) is 0. The van der Waals surface area contributed by atoms with Gasteiger partial charge in [0.05, 0.1) is 16.8 Å². The van der Waals surface area contributed by atoms with Crippen molar-refractivity contribution in [2.45, 2.75) is 26.8 Å². The van der Waals surface area contributed by atoms with Gasteiger partial charge in [0, 0.05) is 4.47 Å². The van der Waals surface area contributed by atoms with Crippen LogP contribution in [-0.4, -0.2) is 11.9 Å². The van der Waals surface area contributed by atoms with Gasteiger partial charge in [0.1, 0.15) is 5.82 Å². The van der Waals surface area contributed by atoms with Gasteiger partial charge in [-0.15, -0.1) is 0 Å². The maximum absolute atomic E-state index is 13.0. The highest BCUT2D eigenvalue weighted by atomic mass is 79.9. The van der Waals surface area contributed by atoms with E-state index in [1.54, 1.807) is 0 Å². The van der Waals surface area contributed by atoms with Crippen LogP contribution in [0.25, 0.3) is 0 Å². The lowest BCUT2D eigenvalue weighted by atomic mass is 9.87. The summed E-state index contributed by atoms with van der Waals surface area (Å²) >= 11 is 9.02. The molecule has 1 amide bonds. The fourth-order valence-electron chi connectivity index (χ4n) is 1.26. The van der Waals surface area contributed by atoms with Crippen molar-refractivity contribution in [2.24, 2.45) is 11.1 Å². The predicted octanol–water partition coefficient (Wildman–Crippen LogP) is 3.55. The van der Waals surface area contributed by atoms with Gasteiger partial charge in [0.2, 0.25) is 5.91 Å². The smallest absolute Gasteiger partial charge is 0.241 e. The van der Waals surface area contributed by atoms with E-state index < -0.39 is 11.9 Å². The number of carbonyl (C=O) groups excluding carboxylic acids is 1. The molecule has 0 aliphatic carbocycles. The second-order valence-corrected chi connectivity index (χ2v) is 6.34. The molecule has 0 radical (unpaired) electrons. The third-order valence-electron chi connectivity index (χ3n) is 2.47. The van der Waals surface area contributed by atoms with E-state index in [2.05, 4.69) is 21.2 Å². The third kappa shape index (κ3) is 3.67. The van der Waals surface area contributed by atoms with E-state index in [0.29, 0.717) is 10.2 Å². The van der Waals surface area contributed by atoms with E-state index in [-0.39, 0.29) is 16.3 Å². The minimum absolute atomic E-state index is 0.122. The average Bonchev–Trinajstić information content (AvgIpc) is 2.20. The molecule has 3 nitrogen and oxygen atoms in total.